The molecule has 1 aromatic carbocycles. The Labute approximate surface area is 121 Å². The van der Waals surface area contributed by atoms with Crippen LogP contribution in [0.5, 0.6) is 0 Å². The van der Waals surface area contributed by atoms with Crippen LogP contribution in [-0.4, -0.2) is 35.7 Å². The Morgan fingerprint density at radius 2 is 2.05 bits per heavy atom. The van der Waals surface area contributed by atoms with E-state index in [0.29, 0.717) is 12.1 Å². The van der Waals surface area contributed by atoms with Gasteiger partial charge in [0.2, 0.25) is 6.41 Å². The summed E-state index contributed by atoms with van der Waals surface area (Å²) in [7, 11) is 0. The molecule has 0 atom stereocenters. The summed E-state index contributed by atoms with van der Waals surface area (Å²) >= 11 is 5.33. The molecular weight excluding hydrogens is 320 g/mol. The van der Waals surface area contributed by atoms with Gasteiger partial charge in [0.15, 0.2) is 5.82 Å². The van der Waals surface area contributed by atoms with E-state index in [1.807, 2.05) is 5.32 Å². The average molecular weight is 329 g/mol. The van der Waals surface area contributed by atoms with Crippen LogP contribution in [0.15, 0.2) is 12.1 Å². The number of nitrogens with one attached hydrogen (secondary N) is 1. The Kier molecular flexibility index (Phi) is 5.50. The van der Waals surface area contributed by atoms with Gasteiger partial charge in [-0.05, 0) is 12.1 Å². The Balaban J connectivity index is 2.93. The quantitative estimate of drug-likeness (QED) is 0.376. The average Bonchev–Trinajstić information content (AvgIpc) is 2.39. The van der Waals surface area contributed by atoms with E-state index in [2.05, 4.69) is 0 Å². The first-order valence-electron chi connectivity index (χ1n) is 5.42. The number of nitrogens with zero attached hydrogens (tertiary/aromatic N) is 1. The van der Waals surface area contributed by atoms with Crippen LogP contribution >= 0.6 is 11.6 Å². The second-order valence-corrected chi connectivity index (χ2v) is 4.25. The molecule has 0 aliphatic heterocycles. The number of benzene rings is 1. The maximum atomic E-state index is 13.6. The first kappa shape index (κ1) is 17.2. The minimum absolute atomic E-state index is 0.0634. The molecule has 1 aromatic rings. The van der Waals surface area contributed by atoms with Crippen molar-refractivity contribution < 1.29 is 32.4 Å². The van der Waals surface area contributed by atoms with Crippen LogP contribution in [0, 0.1) is 5.82 Å². The number of hydrogen-bond donors (Lipinski definition) is 2. The molecule has 0 aromatic heterocycles. The van der Waals surface area contributed by atoms with E-state index in [1.165, 1.54) is 0 Å². The number of carbonyl (C=O) groups is 2. The predicted octanol–water partition coefficient (Wildman–Crippen LogP) is 2.08. The van der Waals surface area contributed by atoms with Crippen molar-refractivity contribution in [2.75, 3.05) is 13.1 Å². The molecule has 1 rings (SSSR count). The Morgan fingerprint density at radius 3 is 2.57 bits per heavy atom. The summed E-state index contributed by atoms with van der Waals surface area (Å²) in [5.74, 6) is -2.45. The number of hydroxylamine groups is 2. The minimum atomic E-state index is -4.79. The summed E-state index contributed by atoms with van der Waals surface area (Å²) in [4.78, 5) is 21.7. The van der Waals surface area contributed by atoms with Gasteiger partial charge < -0.3 is 5.32 Å². The Morgan fingerprint density at radius 1 is 1.43 bits per heavy atom. The lowest BCUT2D eigenvalue weighted by atomic mass is 10.1. The van der Waals surface area contributed by atoms with Crippen molar-refractivity contribution in [2.45, 2.75) is 6.18 Å². The zero-order chi connectivity index (χ0) is 16.2. The third-order valence-electron chi connectivity index (χ3n) is 2.35. The smallest absolute Gasteiger partial charge is 0.350 e. The van der Waals surface area contributed by atoms with E-state index < -0.39 is 34.1 Å². The molecular formula is C11H9ClF4N2O3. The van der Waals surface area contributed by atoms with E-state index in [1.54, 1.807) is 0 Å². The third kappa shape index (κ3) is 4.57. The number of halogens is 5. The zero-order valence-electron chi connectivity index (χ0n) is 10.2. The third-order valence-corrected chi connectivity index (χ3v) is 2.62. The normalized spacial score (nSPS) is 11.1. The molecule has 0 heterocycles. The fraction of sp³-hybridized carbons (Fsp3) is 0.273. The summed E-state index contributed by atoms with van der Waals surface area (Å²) < 4.78 is 51.3. The first-order valence-corrected chi connectivity index (χ1v) is 5.80. The number of amides is 2. The van der Waals surface area contributed by atoms with Crippen molar-refractivity contribution in [3.8, 4) is 0 Å². The van der Waals surface area contributed by atoms with Gasteiger partial charge in [-0.1, -0.05) is 11.6 Å². The molecule has 0 spiro atoms. The van der Waals surface area contributed by atoms with Gasteiger partial charge in [0.25, 0.3) is 5.91 Å². The topological polar surface area (TPSA) is 69.6 Å². The number of hydrogen-bond acceptors (Lipinski definition) is 3. The lowest BCUT2D eigenvalue weighted by Gasteiger charge is -2.12. The van der Waals surface area contributed by atoms with Crippen LogP contribution in [0.3, 0.4) is 0 Å². The molecule has 0 radical (unpaired) electrons. The standard InChI is InChI=1S/C11H9ClF4N2O3/c12-8-4-6(11(14,15)16)3-7(9(8)13)10(20)17-1-2-18(21)5-19/h3-5,21H,1-2H2,(H,17,20). The summed E-state index contributed by atoms with van der Waals surface area (Å²) in [6, 6.07) is 0.697. The lowest BCUT2D eigenvalue weighted by Crippen LogP contribution is -2.33. The van der Waals surface area contributed by atoms with Crippen molar-refractivity contribution in [1.82, 2.24) is 10.4 Å². The maximum absolute atomic E-state index is 13.6. The summed E-state index contributed by atoms with van der Waals surface area (Å²) in [5, 5.41) is 10.2. The SMILES string of the molecule is O=CN(O)CCNC(=O)c1cc(C(F)(F)F)cc(Cl)c1F. The fourth-order valence-electron chi connectivity index (χ4n) is 1.35. The molecule has 0 saturated carbocycles. The Hall–Kier alpha value is -1.87. The van der Waals surface area contributed by atoms with Crippen LogP contribution in [0.1, 0.15) is 15.9 Å². The van der Waals surface area contributed by atoms with Crippen LogP contribution in [0.25, 0.3) is 0 Å². The van der Waals surface area contributed by atoms with Crippen molar-refractivity contribution >= 4 is 23.9 Å². The molecule has 0 unspecified atom stereocenters. The molecule has 2 amide bonds. The highest BCUT2D eigenvalue weighted by molar-refractivity contribution is 6.31. The van der Waals surface area contributed by atoms with Gasteiger partial charge in [-0.25, -0.2) is 9.45 Å². The van der Waals surface area contributed by atoms with Gasteiger partial charge in [0.05, 0.1) is 22.7 Å². The monoisotopic (exact) mass is 328 g/mol. The highest BCUT2D eigenvalue weighted by Gasteiger charge is 2.33. The largest absolute Gasteiger partial charge is 0.416 e. The second kappa shape index (κ2) is 6.72. The molecule has 5 nitrogen and oxygen atoms in total. The molecule has 2 N–H and O–H groups in total. The van der Waals surface area contributed by atoms with Gasteiger partial charge in [0.1, 0.15) is 0 Å². The zero-order valence-corrected chi connectivity index (χ0v) is 11.0. The van der Waals surface area contributed by atoms with Crippen LogP contribution in [0.4, 0.5) is 17.6 Å². The van der Waals surface area contributed by atoms with E-state index in [4.69, 9.17) is 16.8 Å². The summed E-state index contributed by atoms with van der Waals surface area (Å²) in [6.07, 6.45) is -4.72. The second-order valence-electron chi connectivity index (χ2n) is 3.84. The van der Waals surface area contributed by atoms with Crippen LogP contribution in [0.2, 0.25) is 5.02 Å². The van der Waals surface area contributed by atoms with E-state index >= 15 is 0 Å². The first-order chi connectivity index (χ1) is 9.66. The Bertz CT molecular complexity index is 551. The highest BCUT2D eigenvalue weighted by Crippen LogP contribution is 2.33. The number of carbonyl (C=O) groups excluding carboxylic acids is 2. The van der Waals surface area contributed by atoms with Crippen molar-refractivity contribution in [3.05, 3.63) is 34.1 Å². The van der Waals surface area contributed by atoms with E-state index in [-0.39, 0.29) is 24.6 Å². The van der Waals surface area contributed by atoms with Gasteiger partial charge >= 0.3 is 6.18 Å². The minimum Gasteiger partial charge on any atom is -0.350 e. The fourth-order valence-corrected chi connectivity index (χ4v) is 1.57. The van der Waals surface area contributed by atoms with Gasteiger partial charge in [-0.15, -0.1) is 0 Å². The summed E-state index contributed by atoms with van der Waals surface area (Å²) in [6.45, 7) is -0.606. The van der Waals surface area contributed by atoms with Gasteiger partial charge in [-0.2, -0.15) is 13.2 Å². The van der Waals surface area contributed by atoms with E-state index in [9.17, 15) is 27.2 Å². The van der Waals surface area contributed by atoms with Gasteiger partial charge in [-0.3, -0.25) is 14.8 Å². The molecule has 0 fully saturated rings. The molecule has 21 heavy (non-hydrogen) atoms. The molecule has 0 aliphatic carbocycles. The van der Waals surface area contributed by atoms with E-state index in [0.717, 1.165) is 0 Å². The summed E-state index contributed by atoms with van der Waals surface area (Å²) in [5.41, 5.74) is -2.15. The number of alkyl halides is 3. The lowest BCUT2D eigenvalue weighted by molar-refractivity contribution is -0.149. The maximum Gasteiger partial charge on any atom is 0.416 e. The number of rotatable bonds is 5. The van der Waals surface area contributed by atoms with Crippen LogP contribution < -0.4 is 5.32 Å². The van der Waals surface area contributed by atoms with Gasteiger partial charge in [0, 0.05) is 6.54 Å². The molecule has 0 saturated heterocycles. The van der Waals surface area contributed by atoms with Crippen molar-refractivity contribution in [2.24, 2.45) is 0 Å². The van der Waals surface area contributed by atoms with Crippen LogP contribution in [-0.2, 0) is 11.0 Å². The molecule has 116 valence electrons. The molecule has 0 bridgehead atoms. The highest BCUT2D eigenvalue weighted by atomic mass is 35.5. The van der Waals surface area contributed by atoms with Crippen molar-refractivity contribution in [3.63, 3.8) is 0 Å². The predicted molar refractivity (Wildman–Crippen MR) is 63.3 cm³/mol. The van der Waals surface area contributed by atoms with Crippen molar-refractivity contribution in [1.29, 1.82) is 0 Å². The molecule has 0 aliphatic rings. The molecule has 10 heteroatoms.